The Morgan fingerprint density at radius 3 is 2.52 bits per heavy atom. The molecule has 2 aliphatic rings. The number of aliphatic hydroxyl groups excluding tert-OH is 1. The summed E-state index contributed by atoms with van der Waals surface area (Å²) in [6.45, 7) is 0.929. The number of phenols is 1. The second-order valence-electron chi connectivity index (χ2n) is 7.74. The van der Waals surface area contributed by atoms with Gasteiger partial charge in [0.15, 0.2) is 11.5 Å². The standard InChI is InChI=1S/C25H20N2O6/c28-18-3-1-2-16(12-18)22-21(23(29)17-4-5-19-20(13-17)33-11-10-32-19)24(30)25(31)27(22)14-15-6-8-26-9-7-15/h1-9,12-13,22,28-29H,10-11,14H2/b23-21+/t22-/m1/s1. The average Bonchev–Trinajstić information content (AvgIpc) is 3.09. The number of benzene rings is 2. The normalized spacial score (nSPS) is 19.0. The van der Waals surface area contributed by atoms with E-state index in [0.29, 0.717) is 35.8 Å². The van der Waals surface area contributed by atoms with Crippen molar-refractivity contribution in [2.24, 2.45) is 0 Å². The van der Waals surface area contributed by atoms with E-state index in [9.17, 15) is 19.8 Å². The molecule has 166 valence electrons. The summed E-state index contributed by atoms with van der Waals surface area (Å²) in [6, 6.07) is 13.8. The zero-order valence-electron chi connectivity index (χ0n) is 17.5. The first-order valence-electron chi connectivity index (χ1n) is 10.4. The van der Waals surface area contributed by atoms with Crippen LogP contribution in [0.5, 0.6) is 17.2 Å². The van der Waals surface area contributed by atoms with Gasteiger partial charge in [-0.3, -0.25) is 14.6 Å². The van der Waals surface area contributed by atoms with E-state index in [4.69, 9.17) is 9.47 Å². The molecule has 3 aromatic rings. The molecule has 2 N–H and O–H groups in total. The van der Waals surface area contributed by atoms with Crippen molar-refractivity contribution in [2.75, 3.05) is 13.2 Å². The van der Waals surface area contributed by atoms with Gasteiger partial charge in [-0.05, 0) is 53.6 Å². The Morgan fingerprint density at radius 2 is 1.76 bits per heavy atom. The fraction of sp³-hybridized carbons (Fsp3) is 0.160. The fourth-order valence-corrected chi connectivity index (χ4v) is 4.12. The Kier molecular flexibility index (Phi) is 5.18. The van der Waals surface area contributed by atoms with Crippen molar-refractivity contribution < 1.29 is 29.3 Å². The molecule has 0 spiro atoms. The van der Waals surface area contributed by atoms with Gasteiger partial charge in [0.05, 0.1) is 11.6 Å². The number of ether oxygens (including phenoxy) is 2. The zero-order chi connectivity index (χ0) is 22.9. The molecule has 33 heavy (non-hydrogen) atoms. The molecule has 1 saturated heterocycles. The number of likely N-dealkylation sites (tertiary alicyclic amines) is 1. The number of carbonyl (C=O) groups is 2. The summed E-state index contributed by atoms with van der Waals surface area (Å²) in [6.07, 6.45) is 3.20. The van der Waals surface area contributed by atoms with E-state index < -0.39 is 17.7 Å². The third-order valence-electron chi connectivity index (χ3n) is 5.64. The first kappa shape index (κ1) is 20.6. The summed E-state index contributed by atoms with van der Waals surface area (Å²) >= 11 is 0. The number of amides is 1. The number of rotatable bonds is 4. The first-order valence-corrected chi connectivity index (χ1v) is 10.4. The molecule has 3 heterocycles. The van der Waals surface area contributed by atoms with Gasteiger partial charge < -0.3 is 24.6 Å². The number of Topliss-reactive ketones (excluding diaryl/α,β-unsaturated/α-hetero) is 1. The van der Waals surface area contributed by atoms with E-state index in [1.807, 2.05) is 0 Å². The van der Waals surface area contributed by atoms with Crippen LogP contribution in [-0.2, 0) is 16.1 Å². The number of pyridine rings is 1. The molecule has 0 bridgehead atoms. The minimum atomic E-state index is -0.890. The topological polar surface area (TPSA) is 109 Å². The van der Waals surface area contributed by atoms with Crippen LogP contribution >= 0.6 is 0 Å². The van der Waals surface area contributed by atoms with Crippen molar-refractivity contribution in [3.63, 3.8) is 0 Å². The number of fused-ring (bicyclic) bond motifs is 1. The van der Waals surface area contributed by atoms with Crippen molar-refractivity contribution >= 4 is 17.4 Å². The van der Waals surface area contributed by atoms with Crippen LogP contribution in [0.3, 0.4) is 0 Å². The molecule has 0 unspecified atom stereocenters. The molecule has 8 nitrogen and oxygen atoms in total. The summed E-state index contributed by atoms with van der Waals surface area (Å²) in [5.41, 5.74) is 1.54. The maximum Gasteiger partial charge on any atom is 0.295 e. The number of aromatic nitrogens is 1. The second kappa shape index (κ2) is 8.31. The monoisotopic (exact) mass is 444 g/mol. The van der Waals surface area contributed by atoms with Gasteiger partial charge in [0.2, 0.25) is 0 Å². The largest absolute Gasteiger partial charge is 0.508 e. The molecule has 0 aliphatic carbocycles. The molecule has 2 aromatic carbocycles. The Bertz CT molecular complexity index is 1270. The number of aliphatic hydroxyl groups is 1. The first-order chi connectivity index (χ1) is 16.0. The molecule has 1 fully saturated rings. The predicted octanol–water partition coefficient (Wildman–Crippen LogP) is 3.18. The lowest BCUT2D eigenvalue weighted by Gasteiger charge is -2.25. The van der Waals surface area contributed by atoms with Gasteiger partial charge in [-0.2, -0.15) is 0 Å². The lowest BCUT2D eigenvalue weighted by atomic mass is 9.95. The van der Waals surface area contributed by atoms with Crippen LogP contribution < -0.4 is 9.47 Å². The van der Waals surface area contributed by atoms with Crippen LogP contribution in [0.15, 0.2) is 72.6 Å². The number of carbonyl (C=O) groups excluding carboxylic acids is 2. The average molecular weight is 444 g/mol. The number of phenolic OH excluding ortho intramolecular Hbond substituents is 1. The van der Waals surface area contributed by atoms with Gasteiger partial charge in [-0.15, -0.1) is 0 Å². The molecule has 8 heteroatoms. The van der Waals surface area contributed by atoms with Crippen molar-refractivity contribution in [1.82, 2.24) is 9.88 Å². The van der Waals surface area contributed by atoms with E-state index in [-0.39, 0.29) is 23.6 Å². The maximum absolute atomic E-state index is 13.1. The molecule has 2 aliphatic heterocycles. The summed E-state index contributed by atoms with van der Waals surface area (Å²) in [5.74, 6) is -0.882. The second-order valence-corrected chi connectivity index (χ2v) is 7.74. The van der Waals surface area contributed by atoms with Gasteiger partial charge in [0.25, 0.3) is 11.7 Å². The highest BCUT2D eigenvalue weighted by Crippen LogP contribution is 2.42. The maximum atomic E-state index is 13.1. The Hall–Kier alpha value is -4.33. The Morgan fingerprint density at radius 1 is 1.00 bits per heavy atom. The molecular formula is C25H20N2O6. The van der Waals surface area contributed by atoms with Crippen molar-refractivity contribution in [3.8, 4) is 17.2 Å². The quantitative estimate of drug-likeness (QED) is 0.361. The predicted molar refractivity (Wildman–Crippen MR) is 118 cm³/mol. The van der Waals surface area contributed by atoms with E-state index in [0.717, 1.165) is 5.56 Å². The van der Waals surface area contributed by atoms with Crippen LogP contribution in [0.1, 0.15) is 22.7 Å². The van der Waals surface area contributed by atoms with E-state index in [1.165, 1.54) is 17.0 Å². The van der Waals surface area contributed by atoms with E-state index in [2.05, 4.69) is 4.98 Å². The van der Waals surface area contributed by atoms with Crippen molar-refractivity contribution in [1.29, 1.82) is 0 Å². The smallest absolute Gasteiger partial charge is 0.295 e. The minimum absolute atomic E-state index is 0.0127. The molecule has 1 amide bonds. The van der Waals surface area contributed by atoms with Crippen LogP contribution in [0, 0.1) is 0 Å². The molecule has 0 saturated carbocycles. The summed E-state index contributed by atoms with van der Waals surface area (Å²) in [5, 5.41) is 21.3. The van der Waals surface area contributed by atoms with Crippen LogP contribution in [-0.4, -0.2) is 45.0 Å². The lowest BCUT2D eigenvalue weighted by Crippen LogP contribution is -2.29. The van der Waals surface area contributed by atoms with Crippen molar-refractivity contribution in [3.05, 3.63) is 89.3 Å². The number of hydrogen-bond acceptors (Lipinski definition) is 7. The summed E-state index contributed by atoms with van der Waals surface area (Å²) in [4.78, 5) is 31.6. The summed E-state index contributed by atoms with van der Waals surface area (Å²) < 4.78 is 11.1. The minimum Gasteiger partial charge on any atom is -0.508 e. The van der Waals surface area contributed by atoms with Crippen LogP contribution in [0.25, 0.3) is 5.76 Å². The van der Waals surface area contributed by atoms with Crippen LogP contribution in [0.4, 0.5) is 0 Å². The van der Waals surface area contributed by atoms with Crippen molar-refractivity contribution in [2.45, 2.75) is 12.6 Å². The third-order valence-corrected chi connectivity index (χ3v) is 5.64. The number of aromatic hydroxyl groups is 1. The lowest BCUT2D eigenvalue weighted by molar-refractivity contribution is -0.140. The third kappa shape index (κ3) is 3.76. The Labute approximate surface area is 189 Å². The molecule has 1 atom stereocenters. The van der Waals surface area contributed by atoms with Gasteiger partial charge in [-0.25, -0.2) is 0 Å². The van der Waals surface area contributed by atoms with Gasteiger partial charge >= 0.3 is 0 Å². The highest BCUT2D eigenvalue weighted by atomic mass is 16.6. The van der Waals surface area contributed by atoms with Gasteiger partial charge in [0, 0.05) is 24.5 Å². The highest BCUT2D eigenvalue weighted by molar-refractivity contribution is 6.46. The molecule has 1 aromatic heterocycles. The Balaban J connectivity index is 1.64. The number of ketones is 1. The molecule has 0 radical (unpaired) electrons. The van der Waals surface area contributed by atoms with E-state index >= 15 is 0 Å². The van der Waals surface area contributed by atoms with E-state index in [1.54, 1.807) is 54.9 Å². The SMILES string of the molecule is O=C1C(=O)N(Cc2ccncc2)[C@H](c2cccc(O)c2)/C1=C(\O)c1ccc2c(c1)OCCO2. The number of hydrogen-bond donors (Lipinski definition) is 2. The number of nitrogens with zero attached hydrogens (tertiary/aromatic N) is 2. The summed E-state index contributed by atoms with van der Waals surface area (Å²) in [7, 11) is 0. The molecular weight excluding hydrogens is 424 g/mol. The van der Waals surface area contributed by atoms with Gasteiger partial charge in [0.1, 0.15) is 24.7 Å². The zero-order valence-corrected chi connectivity index (χ0v) is 17.5. The van der Waals surface area contributed by atoms with Gasteiger partial charge in [-0.1, -0.05) is 12.1 Å². The van der Waals surface area contributed by atoms with Crippen LogP contribution in [0.2, 0.25) is 0 Å². The highest BCUT2D eigenvalue weighted by Gasteiger charge is 2.46. The fourth-order valence-electron chi connectivity index (χ4n) is 4.12. The molecule has 5 rings (SSSR count).